The molecule has 0 unspecified atom stereocenters. The van der Waals surface area contributed by atoms with Crippen molar-refractivity contribution >= 4 is 21.6 Å². The summed E-state index contributed by atoms with van der Waals surface area (Å²) in [6.07, 6.45) is 0. The molecule has 18 heavy (non-hydrogen) atoms. The number of nitrogens with zero attached hydrogens (tertiary/aromatic N) is 1. The molecule has 2 heterocycles. The first-order valence-corrected chi connectivity index (χ1v) is 7.25. The molecule has 1 N–H and O–H groups in total. The van der Waals surface area contributed by atoms with Crippen LogP contribution in [0.4, 0.5) is 5.82 Å². The molecule has 100 valence electrons. The van der Waals surface area contributed by atoms with E-state index in [4.69, 9.17) is 4.74 Å². The first-order chi connectivity index (χ1) is 8.38. The highest BCUT2D eigenvalue weighted by Gasteiger charge is 2.34. The lowest BCUT2D eigenvalue weighted by atomic mass is 10.3. The van der Waals surface area contributed by atoms with Crippen LogP contribution in [0.15, 0.2) is 4.90 Å². The van der Waals surface area contributed by atoms with Gasteiger partial charge in [-0.25, -0.2) is 8.42 Å². The molecule has 1 aromatic rings. The molecule has 0 aliphatic carbocycles. The predicted octanol–water partition coefficient (Wildman–Crippen LogP) is 0.477. The summed E-state index contributed by atoms with van der Waals surface area (Å²) in [6, 6.07) is 0. The summed E-state index contributed by atoms with van der Waals surface area (Å²) in [4.78, 5) is 11.7. The number of ether oxygens (including phenoxy) is 1. The number of amides is 1. The van der Waals surface area contributed by atoms with Crippen molar-refractivity contribution < 1.29 is 17.9 Å². The van der Waals surface area contributed by atoms with Crippen molar-refractivity contribution in [3.63, 3.8) is 0 Å². The van der Waals surface area contributed by atoms with Crippen LogP contribution in [0, 0.1) is 13.8 Å². The van der Waals surface area contributed by atoms with Gasteiger partial charge in [-0.05, 0) is 19.4 Å². The maximum absolute atomic E-state index is 12.0. The SMILES string of the molecule is COCCn1c(C)c(C)c2c1NC(=O)CS2(=O)=O. The number of hydrogen-bond acceptors (Lipinski definition) is 4. The largest absolute Gasteiger partial charge is 0.383 e. The summed E-state index contributed by atoms with van der Waals surface area (Å²) in [5.74, 6) is -0.592. The number of fused-ring (bicyclic) bond motifs is 1. The summed E-state index contributed by atoms with van der Waals surface area (Å²) in [5, 5.41) is 2.64. The summed E-state index contributed by atoms with van der Waals surface area (Å²) < 4.78 is 30.9. The van der Waals surface area contributed by atoms with Crippen molar-refractivity contribution in [1.29, 1.82) is 0 Å². The summed E-state index contributed by atoms with van der Waals surface area (Å²) >= 11 is 0. The highest BCUT2D eigenvalue weighted by atomic mass is 32.2. The van der Waals surface area contributed by atoms with Gasteiger partial charge in [0.05, 0.1) is 6.61 Å². The standard InChI is InChI=1S/C11H16N2O4S/c1-7-8(2)13(4-5-17-3)11-10(7)18(15,16)6-9(14)12-11/h4-6H2,1-3H3,(H,12,14). The van der Waals surface area contributed by atoms with E-state index < -0.39 is 21.5 Å². The van der Waals surface area contributed by atoms with Crippen LogP contribution in [0.2, 0.25) is 0 Å². The van der Waals surface area contributed by atoms with E-state index in [0.717, 1.165) is 5.69 Å². The summed E-state index contributed by atoms with van der Waals surface area (Å²) in [5.41, 5.74) is 1.53. The van der Waals surface area contributed by atoms with E-state index in [2.05, 4.69) is 5.32 Å². The Morgan fingerprint density at radius 1 is 1.39 bits per heavy atom. The highest BCUT2D eigenvalue weighted by Crippen LogP contribution is 2.34. The van der Waals surface area contributed by atoms with Crippen LogP contribution in [0.5, 0.6) is 0 Å². The maximum Gasteiger partial charge on any atom is 0.241 e. The van der Waals surface area contributed by atoms with Crippen LogP contribution in [0.25, 0.3) is 0 Å². The molecule has 2 rings (SSSR count). The fourth-order valence-corrected chi connectivity index (χ4v) is 3.85. The lowest BCUT2D eigenvalue weighted by Crippen LogP contribution is -2.30. The van der Waals surface area contributed by atoms with E-state index in [1.165, 1.54) is 0 Å². The molecule has 0 atom stereocenters. The smallest absolute Gasteiger partial charge is 0.241 e. The fraction of sp³-hybridized carbons (Fsp3) is 0.545. The first kappa shape index (κ1) is 13.1. The minimum atomic E-state index is -3.52. The summed E-state index contributed by atoms with van der Waals surface area (Å²) in [6.45, 7) is 4.56. The molecule has 0 bridgehead atoms. The number of carbonyl (C=O) groups excluding carboxylic acids is 1. The Labute approximate surface area is 106 Å². The molecular formula is C11H16N2O4S. The maximum atomic E-state index is 12.0. The number of anilines is 1. The Morgan fingerprint density at radius 2 is 2.06 bits per heavy atom. The third-order valence-electron chi connectivity index (χ3n) is 3.18. The van der Waals surface area contributed by atoms with Crippen LogP contribution in [-0.2, 0) is 25.9 Å². The number of rotatable bonds is 3. The average Bonchev–Trinajstić information content (AvgIpc) is 2.48. The number of aromatic nitrogens is 1. The van der Waals surface area contributed by atoms with Crippen LogP contribution < -0.4 is 5.32 Å². The quantitative estimate of drug-likeness (QED) is 0.868. The minimum absolute atomic E-state index is 0.246. The number of carbonyl (C=O) groups is 1. The van der Waals surface area contributed by atoms with Crippen LogP contribution in [0.1, 0.15) is 11.3 Å². The molecule has 1 amide bonds. The third kappa shape index (κ3) is 1.93. The van der Waals surface area contributed by atoms with Crippen LogP contribution >= 0.6 is 0 Å². The lowest BCUT2D eigenvalue weighted by molar-refractivity contribution is -0.114. The highest BCUT2D eigenvalue weighted by molar-refractivity contribution is 7.92. The lowest BCUT2D eigenvalue weighted by Gasteiger charge is -2.17. The Morgan fingerprint density at radius 3 is 2.67 bits per heavy atom. The number of nitrogens with one attached hydrogen (secondary N) is 1. The number of sulfone groups is 1. The second-order valence-electron chi connectivity index (χ2n) is 4.34. The second-order valence-corrected chi connectivity index (χ2v) is 6.27. The van der Waals surface area contributed by atoms with Crippen molar-refractivity contribution in [3.8, 4) is 0 Å². The van der Waals surface area contributed by atoms with Crippen LogP contribution in [0.3, 0.4) is 0 Å². The molecule has 1 aromatic heterocycles. The number of methoxy groups -OCH3 is 1. The molecule has 0 radical (unpaired) electrons. The van der Waals surface area contributed by atoms with Gasteiger partial charge in [-0.3, -0.25) is 4.79 Å². The molecule has 0 saturated heterocycles. The molecule has 0 aromatic carbocycles. The number of hydrogen-bond donors (Lipinski definition) is 1. The zero-order valence-electron chi connectivity index (χ0n) is 10.6. The Hall–Kier alpha value is -1.34. The van der Waals surface area contributed by atoms with Gasteiger partial charge in [0.25, 0.3) is 0 Å². The van der Waals surface area contributed by atoms with Gasteiger partial charge in [-0.2, -0.15) is 0 Å². The molecule has 6 nitrogen and oxygen atoms in total. The third-order valence-corrected chi connectivity index (χ3v) is 4.95. The zero-order valence-corrected chi connectivity index (χ0v) is 11.4. The molecule has 7 heteroatoms. The molecule has 0 saturated carbocycles. The second kappa shape index (κ2) is 4.40. The Kier molecular flexibility index (Phi) is 3.20. The van der Waals surface area contributed by atoms with Crippen LogP contribution in [-0.4, -0.2) is 38.4 Å². The van der Waals surface area contributed by atoms with Crippen molar-refractivity contribution in [1.82, 2.24) is 4.57 Å². The van der Waals surface area contributed by atoms with Gasteiger partial charge in [-0.15, -0.1) is 0 Å². The van der Waals surface area contributed by atoms with Gasteiger partial charge in [-0.1, -0.05) is 0 Å². The zero-order chi connectivity index (χ0) is 13.5. The summed E-state index contributed by atoms with van der Waals surface area (Å²) in [7, 11) is -1.95. The first-order valence-electron chi connectivity index (χ1n) is 5.59. The van der Waals surface area contributed by atoms with Crippen molar-refractivity contribution in [3.05, 3.63) is 11.3 Å². The van der Waals surface area contributed by atoms with E-state index in [9.17, 15) is 13.2 Å². The van der Waals surface area contributed by atoms with Crippen molar-refractivity contribution in [2.45, 2.75) is 25.3 Å². The fourth-order valence-electron chi connectivity index (χ4n) is 2.21. The van der Waals surface area contributed by atoms with Gasteiger partial charge < -0.3 is 14.6 Å². The molecular weight excluding hydrogens is 256 g/mol. The van der Waals surface area contributed by atoms with Gasteiger partial charge in [0.2, 0.25) is 5.91 Å². The van der Waals surface area contributed by atoms with Gasteiger partial charge in [0, 0.05) is 19.3 Å². The molecule has 0 fully saturated rings. The Bertz CT molecular complexity index is 601. The molecule has 1 aliphatic rings. The van der Waals surface area contributed by atoms with Gasteiger partial charge in [0.15, 0.2) is 9.84 Å². The monoisotopic (exact) mass is 272 g/mol. The van der Waals surface area contributed by atoms with Gasteiger partial charge in [0.1, 0.15) is 16.5 Å². The molecule has 0 spiro atoms. The van der Waals surface area contributed by atoms with Gasteiger partial charge >= 0.3 is 0 Å². The van der Waals surface area contributed by atoms with E-state index in [-0.39, 0.29) is 4.90 Å². The Balaban J connectivity index is 2.63. The topological polar surface area (TPSA) is 77.4 Å². The van der Waals surface area contributed by atoms with E-state index in [1.807, 2.05) is 6.92 Å². The predicted molar refractivity (Wildman–Crippen MR) is 66.5 cm³/mol. The van der Waals surface area contributed by atoms with E-state index in [1.54, 1.807) is 18.6 Å². The normalized spacial score (nSPS) is 17.4. The van der Waals surface area contributed by atoms with E-state index in [0.29, 0.717) is 24.5 Å². The average molecular weight is 272 g/mol. The molecule has 1 aliphatic heterocycles. The minimum Gasteiger partial charge on any atom is -0.383 e. The van der Waals surface area contributed by atoms with Crippen molar-refractivity contribution in [2.24, 2.45) is 0 Å². The van der Waals surface area contributed by atoms with E-state index >= 15 is 0 Å². The van der Waals surface area contributed by atoms with Crippen molar-refractivity contribution in [2.75, 3.05) is 24.8 Å².